The Kier molecular flexibility index (Phi) is 10.4. The van der Waals surface area contributed by atoms with Gasteiger partial charge < -0.3 is 29.7 Å². The summed E-state index contributed by atoms with van der Waals surface area (Å²) in [7, 11) is 1.94. The van der Waals surface area contributed by atoms with Crippen molar-refractivity contribution in [2.24, 2.45) is 0 Å². The van der Waals surface area contributed by atoms with Crippen LogP contribution in [0.3, 0.4) is 0 Å². The third-order valence-electron chi connectivity index (χ3n) is 7.45. The van der Waals surface area contributed by atoms with Gasteiger partial charge in [-0.15, -0.1) is 0 Å². The molecule has 3 rings (SSSR count). The lowest BCUT2D eigenvalue weighted by Gasteiger charge is -2.34. The summed E-state index contributed by atoms with van der Waals surface area (Å²) in [6.45, 7) is 3.29. The molecule has 1 saturated heterocycles. The molecule has 1 aliphatic rings. The monoisotopic (exact) mass is 489 g/mol. The van der Waals surface area contributed by atoms with Crippen molar-refractivity contribution >= 4 is 11.0 Å². The van der Waals surface area contributed by atoms with Crippen molar-refractivity contribution < 1.29 is 24.8 Å². The van der Waals surface area contributed by atoms with Crippen molar-refractivity contribution in [3.63, 3.8) is 0 Å². The zero-order chi connectivity index (χ0) is 25.4. The number of likely N-dealkylation sites (tertiary alicyclic amines) is 1. The van der Waals surface area contributed by atoms with Gasteiger partial charge in [0.2, 0.25) is 0 Å². The van der Waals surface area contributed by atoms with E-state index in [0.29, 0.717) is 42.9 Å². The summed E-state index contributed by atoms with van der Waals surface area (Å²) in [5.74, 6) is -0.276. The van der Waals surface area contributed by atoms with Crippen LogP contribution in [0.15, 0.2) is 15.3 Å². The van der Waals surface area contributed by atoms with Crippen LogP contribution < -0.4 is 5.43 Å². The summed E-state index contributed by atoms with van der Waals surface area (Å²) in [5.41, 5.74) is 0.952. The van der Waals surface area contributed by atoms with Crippen LogP contribution in [-0.4, -0.2) is 58.2 Å². The molecule has 2 atom stereocenters. The first-order valence-electron chi connectivity index (χ1n) is 13.3. The molecule has 0 spiro atoms. The molecule has 7 heteroatoms. The van der Waals surface area contributed by atoms with Gasteiger partial charge in [-0.1, -0.05) is 51.4 Å². The van der Waals surface area contributed by atoms with Crippen LogP contribution >= 0.6 is 0 Å². The van der Waals surface area contributed by atoms with E-state index in [9.17, 15) is 20.1 Å². The van der Waals surface area contributed by atoms with Crippen LogP contribution in [0.4, 0.5) is 0 Å². The first-order chi connectivity index (χ1) is 16.8. The lowest BCUT2D eigenvalue weighted by molar-refractivity contribution is 0.0630. The zero-order valence-electron chi connectivity index (χ0n) is 21.4. The van der Waals surface area contributed by atoms with Gasteiger partial charge in [-0.3, -0.25) is 4.79 Å². The molecule has 2 unspecified atom stereocenters. The highest BCUT2D eigenvalue weighted by Gasteiger charge is 2.33. The number of aromatic hydroxyl groups is 2. The van der Waals surface area contributed by atoms with Gasteiger partial charge in [-0.25, -0.2) is 0 Å². The predicted octanol–water partition coefficient (Wildman–Crippen LogP) is 4.73. The molecule has 35 heavy (non-hydrogen) atoms. The smallest absolute Gasteiger partial charge is 0.199 e. The lowest BCUT2D eigenvalue weighted by atomic mass is 9.85. The maximum absolute atomic E-state index is 13.4. The summed E-state index contributed by atoms with van der Waals surface area (Å²) < 4.78 is 6.08. The number of piperidine rings is 1. The third kappa shape index (κ3) is 6.99. The maximum Gasteiger partial charge on any atom is 0.199 e. The van der Waals surface area contributed by atoms with Crippen molar-refractivity contribution in [3.05, 3.63) is 33.2 Å². The number of aliphatic hydroxyl groups excluding tert-OH is 2. The largest absolute Gasteiger partial charge is 0.507 e. The first kappa shape index (κ1) is 27.5. The molecule has 1 fully saturated rings. The Morgan fingerprint density at radius 2 is 1.57 bits per heavy atom. The number of unbranched alkanes of at least 4 members (excludes halogenated alkanes) is 9. The molecule has 196 valence electrons. The van der Waals surface area contributed by atoms with Gasteiger partial charge in [0.15, 0.2) is 5.43 Å². The van der Waals surface area contributed by atoms with Crippen molar-refractivity contribution in [2.75, 3.05) is 26.7 Å². The van der Waals surface area contributed by atoms with Gasteiger partial charge in [-0.05, 0) is 46.2 Å². The highest BCUT2D eigenvalue weighted by molar-refractivity contribution is 5.89. The highest BCUT2D eigenvalue weighted by Crippen LogP contribution is 2.42. The number of likely N-dealkylation sites (N-methyl/N-ethyl adjacent to an activating group) is 1. The summed E-state index contributed by atoms with van der Waals surface area (Å²) in [6, 6.07) is 1.21. The number of β-amino-alcohol motifs (C(OH)–C–C–N with tert-alkyl or cyclic N) is 1. The Morgan fingerprint density at radius 3 is 2.17 bits per heavy atom. The van der Waals surface area contributed by atoms with E-state index in [2.05, 4.69) is 0 Å². The number of nitrogens with zero attached hydrogens (tertiary/aromatic N) is 1. The SMILES string of the molecule is Cc1oc2c(C3CCN(C)CC3O)c(O)cc(O)c2c(=O)c1CCCCCCCCCCCCO. The van der Waals surface area contributed by atoms with E-state index in [4.69, 9.17) is 9.52 Å². The van der Waals surface area contributed by atoms with Crippen LogP contribution in [0.5, 0.6) is 11.5 Å². The quantitative estimate of drug-likeness (QED) is 0.301. The van der Waals surface area contributed by atoms with Gasteiger partial charge in [-0.2, -0.15) is 0 Å². The van der Waals surface area contributed by atoms with Gasteiger partial charge in [0.25, 0.3) is 0 Å². The Labute approximate surface area is 208 Å². The molecule has 0 saturated carbocycles. The van der Waals surface area contributed by atoms with Crippen LogP contribution in [0.25, 0.3) is 11.0 Å². The molecule has 1 aromatic carbocycles. The minimum absolute atomic E-state index is 0.103. The summed E-state index contributed by atoms with van der Waals surface area (Å²) in [5, 5.41) is 40.7. The number of benzene rings is 1. The summed E-state index contributed by atoms with van der Waals surface area (Å²) >= 11 is 0. The second kappa shape index (κ2) is 13.3. The van der Waals surface area contributed by atoms with E-state index < -0.39 is 6.10 Å². The van der Waals surface area contributed by atoms with Gasteiger partial charge >= 0.3 is 0 Å². The second-order valence-corrected chi connectivity index (χ2v) is 10.2. The van der Waals surface area contributed by atoms with Crippen molar-refractivity contribution in [3.8, 4) is 11.5 Å². The number of hydrogen-bond donors (Lipinski definition) is 4. The van der Waals surface area contributed by atoms with E-state index in [1.807, 2.05) is 11.9 Å². The van der Waals surface area contributed by atoms with Gasteiger partial charge in [0, 0.05) is 36.3 Å². The third-order valence-corrected chi connectivity index (χ3v) is 7.45. The fourth-order valence-electron chi connectivity index (χ4n) is 5.40. The topological polar surface area (TPSA) is 114 Å². The van der Waals surface area contributed by atoms with Crippen LogP contribution in [0.2, 0.25) is 0 Å². The highest BCUT2D eigenvalue weighted by atomic mass is 16.3. The van der Waals surface area contributed by atoms with Crippen LogP contribution in [0, 0.1) is 6.92 Å². The lowest BCUT2D eigenvalue weighted by Crippen LogP contribution is -2.40. The Balaban J connectivity index is 1.65. The number of aryl methyl sites for hydroxylation is 1. The maximum atomic E-state index is 13.4. The fraction of sp³-hybridized carbons (Fsp3) is 0.679. The minimum Gasteiger partial charge on any atom is -0.507 e. The van der Waals surface area contributed by atoms with Gasteiger partial charge in [0.1, 0.15) is 28.2 Å². The molecule has 0 aliphatic carbocycles. The van der Waals surface area contributed by atoms with E-state index in [-0.39, 0.29) is 33.8 Å². The molecule has 2 aromatic rings. The average Bonchev–Trinajstić information content (AvgIpc) is 2.80. The Bertz CT molecular complexity index is 1020. The molecule has 1 aromatic heterocycles. The van der Waals surface area contributed by atoms with E-state index in [1.165, 1.54) is 38.2 Å². The number of aliphatic hydroxyl groups is 2. The number of hydrogen-bond acceptors (Lipinski definition) is 7. The molecule has 4 N–H and O–H groups in total. The zero-order valence-corrected chi connectivity index (χ0v) is 21.4. The molecular weight excluding hydrogens is 446 g/mol. The molecule has 0 bridgehead atoms. The van der Waals surface area contributed by atoms with Crippen molar-refractivity contribution in [1.82, 2.24) is 4.90 Å². The first-order valence-corrected chi connectivity index (χ1v) is 13.3. The molecular formula is C28H43NO6. The van der Waals surface area contributed by atoms with Crippen molar-refractivity contribution in [1.29, 1.82) is 0 Å². The van der Waals surface area contributed by atoms with E-state index in [0.717, 1.165) is 38.6 Å². The van der Waals surface area contributed by atoms with E-state index >= 15 is 0 Å². The molecule has 0 radical (unpaired) electrons. The minimum atomic E-state index is -0.696. The van der Waals surface area contributed by atoms with Crippen LogP contribution in [-0.2, 0) is 6.42 Å². The number of fused-ring (bicyclic) bond motifs is 1. The molecule has 2 heterocycles. The predicted molar refractivity (Wildman–Crippen MR) is 138 cm³/mol. The average molecular weight is 490 g/mol. The van der Waals surface area contributed by atoms with Crippen LogP contribution in [0.1, 0.15) is 93.4 Å². The van der Waals surface area contributed by atoms with E-state index in [1.54, 1.807) is 6.92 Å². The number of phenols is 2. The summed E-state index contributed by atoms with van der Waals surface area (Å²) in [4.78, 5) is 15.4. The molecule has 1 aliphatic heterocycles. The standard InChI is InChI=1S/C28H43NO6/c1-19-20(13-11-9-7-5-3-4-6-8-10-12-16-30)27(34)26-23(32)17-22(31)25(28(26)35-19)21-14-15-29(2)18-24(21)33/h17,21,24,30-33H,3-16,18H2,1-2H3. The van der Waals surface area contributed by atoms with Gasteiger partial charge in [0.05, 0.1) is 6.10 Å². The Hall–Kier alpha value is -2.09. The Morgan fingerprint density at radius 1 is 0.971 bits per heavy atom. The number of phenolic OH excluding ortho intramolecular Hbond substituents is 2. The second-order valence-electron chi connectivity index (χ2n) is 10.2. The normalized spacial score (nSPS) is 19.0. The summed E-state index contributed by atoms with van der Waals surface area (Å²) in [6.07, 6.45) is 11.7. The fourth-order valence-corrected chi connectivity index (χ4v) is 5.40. The molecule has 0 amide bonds. The number of rotatable bonds is 13. The van der Waals surface area contributed by atoms with Crippen molar-refractivity contribution in [2.45, 2.75) is 96.0 Å². The molecule has 7 nitrogen and oxygen atoms in total.